The predicted octanol–water partition coefficient (Wildman–Crippen LogP) is 1.73. The highest BCUT2D eigenvalue weighted by molar-refractivity contribution is 5.19. The summed E-state index contributed by atoms with van der Waals surface area (Å²) < 4.78 is 32.8. The van der Waals surface area contributed by atoms with E-state index in [0.717, 1.165) is 32.3 Å². The fourth-order valence-electron chi connectivity index (χ4n) is 3.25. The van der Waals surface area contributed by atoms with Crippen LogP contribution in [0, 0.1) is 17.6 Å². The molecule has 0 spiro atoms. The van der Waals surface area contributed by atoms with E-state index in [9.17, 15) is 8.78 Å². The molecule has 2 saturated heterocycles. The first-order valence-corrected chi connectivity index (χ1v) is 7.06. The number of hydrogen-bond acceptors (Lipinski definition) is 3. The zero-order valence-electron chi connectivity index (χ0n) is 11.7. The average Bonchev–Trinajstić information content (AvgIpc) is 2.65. The summed E-state index contributed by atoms with van der Waals surface area (Å²) in [4.78, 5) is 4.54. The highest BCUT2D eigenvalue weighted by Gasteiger charge is 2.32. The molecule has 0 N–H and O–H groups in total. The molecule has 2 aliphatic heterocycles. The highest BCUT2D eigenvalue weighted by atomic mass is 19.2. The second-order valence-corrected chi connectivity index (χ2v) is 5.92. The van der Waals surface area contributed by atoms with Crippen LogP contribution in [0.4, 0.5) is 8.78 Å². The lowest BCUT2D eigenvalue weighted by atomic mass is 10.1. The van der Waals surface area contributed by atoms with Gasteiger partial charge in [0.1, 0.15) is 0 Å². The average molecular weight is 282 g/mol. The molecule has 5 heteroatoms. The number of hydrogen-bond donors (Lipinski definition) is 0. The molecule has 1 aromatic carbocycles. The molecule has 0 aliphatic carbocycles. The van der Waals surface area contributed by atoms with Gasteiger partial charge in [0.15, 0.2) is 11.6 Å². The Balaban J connectivity index is 1.81. The number of rotatable bonds is 2. The van der Waals surface area contributed by atoms with Crippen molar-refractivity contribution in [2.75, 3.05) is 39.9 Å². The van der Waals surface area contributed by atoms with Gasteiger partial charge in [-0.25, -0.2) is 8.78 Å². The SMILES string of the molecule is CN1C[C@@H]2COC[C@H](C1)N(Cc1cccc(F)c1F)C2. The molecule has 3 nitrogen and oxygen atoms in total. The van der Waals surface area contributed by atoms with Gasteiger partial charge in [-0.2, -0.15) is 0 Å². The van der Waals surface area contributed by atoms with Crippen LogP contribution >= 0.6 is 0 Å². The van der Waals surface area contributed by atoms with Crippen molar-refractivity contribution in [1.29, 1.82) is 0 Å². The highest BCUT2D eigenvalue weighted by Crippen LogP contribution is 2.22. The Morgan fingerprint density at radius 3 is 2.90 bits per heavy atom. The summed E-state index contributed by atoms with van der Waals surface area (Å²) in [7, 11) is 2.11. The number of likely N-dealkylation sites (N-methyl/N-ethyl adjacent to an activating group) is 1. The molecule has 2 fully saturated rings. The van der Waals surface area contributed by atoms with Crippen LogP contribution in [0.2, 0.25) is 0 Å². The first-order valence-electron chi connectivity index (χ1n) is 7.06. The van der Waals surface area contributed by atoms with Crippen LogP contribution in [0.5, 0.6) is 0 Å². The molecule has 0 radical (unpaired) electrons. The van der Waals surface area contributed by atoms with Crippen LogP contribution in [0.1, 0.15) is 5.56 Å². The molecule has 2 aliphatic rings. The van der Waals surface area contributed by atoms with Gasteiger partial charge < -0.3 is 9.64 Å². The number of benzene rings is 1. The largest absolute Gasteiger partial charge is 0.379 e. The van der Waals surface area contributed by atoms with E-state index in [1.807, 2.05) is 0 Å². The summed E-state index contributed by atoms with van der Waals surface area (Å²) >= 11 is 0. The molecule has 1 aromatic rings. The molecule has 0 unspecified atom stereocenters. The van der Waals surface area contributed by atoms with E-state index in [2.05, 4.69) is 16.8 Å². The van der Waals surface area contributed by atoms with Crippen LogP contribution in [0.25, 0.3) is 0 Å². The molecular formula is C15H20F2N2O. The van der Waals surface area contributed by atoms with Crippen molar-refractivity contribution in [3.05, 3.63) is 35.4 Å². The van der Waals surface area contributed by atoms with E-state index in [1.165, 1.54) is 0 Å². The van der Waals surface area contributed by atoms with Gasteiger partial charge in [0, 0.05) is 43.7 Å². The molecule has 110 valence electrons. The zero-order valence-corrected chi connectivity index (χ0v) is 11.7. The van der Waals surface area contributed by atoms with E-state index in [1.54, 1.807) is 12.1 Å². The second-order valence-electron chi connectivity index (χ2n) is 5.92. The lowest BCUT2D eigenvalue weighted by Crippen LogP contribution is -2.42. The molecule has 2 heterocycles. The predicted molar refractivity (Wildman–Crippen MR) is 72.4 cm³/mol. The monoisotopic (exact) mass is 282 g/mol. The Labute approximate surface area is 118 Å². The van der Waals surface area contributed by atoms with Crippen molar-refractivity contribution in [1.82, 2.24) is 9.80 Å². The zero-order chi connectivity index (χ0) is 14.1. The summed E-state index contributed by atoms with van der Waals surface area (Å²) in [5.74, 6) is -1.06. The summed E-state index contributed by atoms with van der Waals surface area (Å²) in [6, 6.07) is 4.64. The topological polar surface area (TPSA) is 15.7 Å². The Hall–Kier alpha value is -1.04. The minimum atomic E-state index is -0.770. The Morgan fingerprint density at radius 1 is 1.20 bits per heavy atom. The van der Waals surface area contributed by atoms with Gasteiger partial charge in [-0.05, 0) is 13.1 Å². The Bertz CT molecular complexity index is 483. The maximum absolute atomic E-state index is 13.8. The number of halogens is 2. The molecule has 0 aromatic heterocycles. The first kappa shape index (κ1) is 13.9. The molecule has 0 saturated carbocycles. The maximum Gasteiger partial charge on any atom is 0.163 e. The fourth-order valence-corrected chi connectivity index (χ4v) is 3.25. The van der Waals surface area contributed by atoms with Crippen LogP contribution in [-0.4, -0.2) is 55.7 Å². The molecule has 2 atom stereocenters. The number of ether oxygens (including phenoxy) is 1. The van der Waals surface area contributed by atoms with Crippen molar-refractivity contribution < 1.29 is 13.5 Å². The minimum Gasteiger partial charge on any atom is -0.379 e. The standard InChI is InChI=1S/C15H20F2N2O/c1-18-5-11-6-19(13(8-18)10-20-9-11)7-12-3-2-4-14(16)15(12)17/h2-4,11,13H,5-10H2,1H3/t11-,13-/m0/s1. The van der Waals surface area contributed by atoms with Gasteiger partial charge in [0.2, 0.25) is 0 Å². The normalized spacial score (nSPS) is 28.4. The summed E-state index contributed by atoms with van der Waals surface area (Å²) in [6.07, 6.45) is 0. The van der Waals surface area contributed by atoms with E-state index in [4.69, 9.17) is 4.74 Å². The van der Waals surface area contributed by atoms with Crippen molar-refractivity contribution in [3.63, 3.8) is 0 Å². The van der Waals surface area contributed by atoms with Crippen LogP contribution < -0.4 is 0 Å². The Kier molecular flexibility index (Phi) is 4.01. The van der Waals surface area contributed by atoms with E-state index in [-0.39, 0.29) is 6.04 Å². The van der Waals surface area contributed by atoms with Gasteiger partial charge in [-0.3, -0.25) is 4.90 Å². The van der Waals surface area contributed by atoms with Gasteiger partial charge in [0.05, 0.1) is 13.2 Å². The van der Waals surface area contributed by atoms with Crippen LogP contribution in [0.15, 0.2) is 18.2 Å². The molecule has 0 amide bonds. The third kappa shape index (κ3) is 2.85. The number of fused-ring (bicyclic) bond motifs is 3. The molecule has 20 heavy (non-hydrogen) atoms. The van der Waals surface area contributed by atoms with Gasteiger partial charge in [0.25, 0.3) is 0 Å². The van der Waals surface area contributed by atoms with Crippen LogP contribution in [-0.2, 0) is 11.3 Å². The lowest BCUT2D eigenvalue weighted by Gasteiger charge is -2.29. The quantitative estimate of drug-likeness (QED) is 0.821. The second kappa shape index (κ2) is 5.76. The van der Waals surface area contributed by atoms with Crippen molar-refractivity contribution >= 4 is 0 Å². The summed E-state index contributed by atoms with van der Waals surface area (Å²) in [5, 5.41) is 0. The first-order chi connectivity index (χ1) is 9.63. The molecular weight excluding hydrogens is 262 g/mol. The van der Waals surface area contributed by atoms with E-state index >= 15 is 0 Å². The van der Waals surface area contributed by atoms with Crippen LogP contribution in [0.3, 0.4) is 0 Å². The fraction of sp³-hybridized carbons (Fsp3) is 0.600. The molecule has 2 bridgehead atoms. The lowest BCUT2D eigenvalue weighted by molar-refractivity contribution is 0.0560. The van der Waals surface area contributed by atoms with Crippen molar-refractivity contribution in [2.45, 2.75) is 12.6 Å². The van der Waals surface area contributed by atoms with E-state index < -0.39 is 11.6 Å². The van der Waals surface area contributed by atoms with Gasteiger partial charge in [-0.1, -0.05) is 12.1 Å². The van der Waals surface area contributed by atoms with Gasteiger partial charge >= 0.3 is 0 Å². The summed E-state index contributed by atoms with van der Waals surface area (Å²) in [5.41, 5.74) is 0.431. The van der Waals surface area contributed by atoms with Crippen molar-refractivity contribution in [2.24, 2.45) is 5.92 Å². The number of nitrogens with zero attached hydrogens (tertiary/aromatic N) is 2. The third-order valence-electron chi connectivity index (χ3n) is 4.17. The van der Waals surface area contributed by atoms with E-state index in [0.29, 0.717) is 24.6 Å². The smallest absolute Gasteiger partial charge is 0.163 e. The third-order valence-corrected chi connectivity index (χ3v) is 4.17. The summed E-state index contributed by atoms with van der Waals surface area (Å²) in [6.45, 7) is 4.65. The molecule has 3 rings (SSSR count). The Morgan fingerprint density at radius 2 is 2.05 bits per heavy atom. The minimum absolute atomic E-state index is 0.246. The van der Waals surface area contributed by atoms with Gasteiger partial charge in [-0.15, -0.1) is 0 Å². The van der Waals surface area contributed by atoms with Crippen molar-refractivity contribution in [3.8, 4) is 0 Å². The maximum atomic E-state index is 13.8.